The molecule has 0 saturated heterocycles. The maximum absolute atomic E-state index is 10.5. The summed E-state index contributed by atoms with van der Waals surface area (Å²) < 4.78 is 21.8. The molecule has 0 spiro atoms. The maximum atomic E-state index is 10.5. The first-order valence-corrected chi connectivity index (χ1v) is 9.08. The maximum Gasteiger partial charge on any atom is 0.204 e. The quantitative estimate of drug-likeness (QED) is 0.620. The Morgan fingerprint density at radius 3 is 2.34 bits per heavy atom. The van der Waals surface area contributed by atoms with Crippen molar-refractivity contribution in [3.63, 3.8) is 0 Å². The Morgan fingerprint density at radius 1 is 1.00 bits per heavy atom. The van der Waals surface area contributed by atoms with Gasteiger partial charge in [-0.1, -0.05) is 6.07 Å². The standard InChI is InChI=1S/C22H22N2O5/c1-4-28-18-6-5-16-15(12-24-13-17(16)21(18)25)9-14-10-19(26-2)22(29-8-7-23)20(11-14)27-3/h5-6,10-13,25H,4,8-9H2,1-3H3. The van der Waals surface area contributed by atoms with Crippen LogP contribution in [0.5, 0.6) is 28.7 Å². The van der Waals surface area contributed by atoms with Crippen LogP contribution in [0.2, 0.25) is 0 Å². The number of pyridine rings is 1. The molecular formula is C22H22N2O5. The van der Waals surface area contributed by atoms with Gasteiger partial charge in [-0.05, 0) is 48.1 Å². The number of benzene rings is 2. The fourth-order valence-corrected chi connectivity index (χ4v) is 3.19. The Kier molecular flexibility index (Phi) is 6.25. The molecule has 0 aliphatic rings. The number of rotatable bonds is 8. The van der Waals surface area contributed by atoms with Gasteiger partial charge < -0.3 is 24.1 Å². The van der Waals surface area contributed by atoms with Crippen molar-refractivity contribution >= 4 is 10.8 Å². The lowest BCUT2D eigenvalue weighted by Crippen LogP contribution is -2.01. The minimum Gasteiger partial charge on any atom is -0.504 e. The first kappa shape index (κ1) is 20.1. The summed E-state index contributed by atoms with van der Waals surface area (Å²) in [6.45, 7) is 2.22. The van der Waals surface area contributed by atoms with Crippen LogP contribution in [0.15, 0.2) is 36.7 Å². The molecular weight excluding hydrogens is 372 g/mol. The smallest absolute Gasteiger partial charge is 0.204 e. The number of nitrogens with zero attached hydrogens (tertiary/aromatic N) is 2. The van der Waals surface area contributed by atoms with Gasteiger partial charge in [0.05, 0.1) is 20.8 Å². The van der Waals surface area contributed by atoms with Gasteiger partial charge in [0.15, 0.2) is 29.6 Å². The van der Waals surface area contributed by atoms with Crippen LogP contribution >= 0.6 is 0 Å². The molecule has 1 heterocycles. The van der Waals surface area contributed by atoms with Crippen LogP contribution in [0.3, 0.4) is 0 Å². The number of aromatic hydroxyl groups is 1. The predicted molar refractivity (Wildman–Crippen MR) is 108 cm³/mol. The van der Waals surface area contributed by atoms with Crippen LogP contribution < -0.4 is 18.9 Å². The van der Waals surface area contributed by atoms with E-state index in [0.29, 0.717) is 41.4 Å². The second-order valence-corrected chi connectivity index (χ2v) is 6.19. The first-order valence-electron chi connectivity index (χ1n) is 9.08. The number of ether oxygens (including phenoxy) is 4. The Labute approximate surface area is 169 Å². The molecule has 3 rings (SSSR count). The van der Waals surface area contributed by atoms with Crippen molar-refractivity contribution in [1.29, 1.82) is 5.26 Å². The average Bonchev–Trinajstić information content (AvgIpc) is 2.74. The van der Waals surface area contributed by atoms with Gasteiger partial charge in [0.1, 0.15) is 6.07 Å². The Balaban J connectivity index is 2.02. The van der Waals surface area contributed by atoms with E-state index in [0.717, 1.165) is 16.5 Å². The molecule has 0 amide bonds. The fraction of sp³-hybridized carbons (Fsp3) is 0.273. The summed E-state index contributed by atoms with van der Waals surface area (Å²) in [5.74, 6) is 1.85. The number of aromatic nitrogens is 1. The minimum atomic E-state index is -0.110. The molecule has 7 nitrogen and oxygen atoms in total. The van der Waals surface area contributed by atoms with E-state index in [4.69, 9.17) is 24.2 Å². The molecule has 1 aromatic heterocycles. The second-order valence-electron chi connectivity index (χ2n) is 6.19. The summed E-state index contributed by atoms with van der Waals surface area (Å²) in [6, 6.07) is 9.28. The molecule has 7 heteroatoms. The summed E-state index contributed by atoms with van der Waals surface area (Å²) in [5, 5.41) is 20.8. The van der Waals surface area contributed by atoms with Gasteiger partial charge in [0, 0.05) is 17.8 Å². The first-order chi connectivity index (χ1) is 14.1. The minimum absolute atomic E-state index is 0.0779. The zero-order valence-corrected chi connectivity index (χ0v) is 16.6. The number of methoxy groups -OCH3 is 2. The summed E-state index contributed by atoms with van der Waals surface area (Å²) in [5.41, 5.74) is 1.83. The van der Waals surface area contributed by atoms with Crippen LogP contribution in [0.25, 0.3) is 10.8 Å². The molecule has 0 radical (unpaired) electrons. The number of phenolic OH excluding ortho intramolecular Hbond substituents is 1. The number of fused-ring (bicyclic) bond motifs is 1. The lowest BCUT2D eigenvalue weighted by Gasteiger charge is -2.15. The molecule has 150 valence electrons. The van der Waals surface area contributed by atoms with Crippen LogP contribution in [0, 0.1) is 11.3 Å². The zero-order chi connectivity index (χ0) is 20.8. The van der Waals surface area contributed by atoms with Crippen molar-refractivity contribution in [2.45, 2.75) is 13.3 Å². The van der Waals surface area contributed by atoms with Gasteiger partial charge in [0.2, 0.25) is 5.75 Å². The SMILES string of the molecule is CCOc1ccc2c(Cc3cc(OC)c(OCC#N)c(OC)c3)cncc2c1O. The fourth-order valence-electron chi connectivity index (χ4n) is 3.19. The van der Waals surface area contributed by atoms with E-state index >= 15 is 0 Å². The van der Waals surface area contributed by atoms with Crippen molar-refractivity contribution in [3.05, 3.63) is 47.8 Å². The Morgan fingerprint density at radius 2 is 1.72 bits per heavy atom. The lowest BCUT2D eigenvalue weighted by molar-refractivity contribution is 0.303. The molecule has 0 saturated carbocycles. The van der Waals surface area contributed by atoms with E-state index < -0.39 is 0 Å². The molecule has 0 aliphatic carbocycles. The van der Waals surface area contributed by atoms with E-state index in [1.807, 2.05) is 31.2 Å². The molecule has 1 N–H and O–H groups in total. The second kappa shape index (κ2) is 9.02. The van der Waals surface area contributed by atoms with Crippen molar-refractivity contribution < 1.29 is 24.1 Å². The molecule has 0 bridgehead atoms. The number of hydrogen-bond acceptors (Lipinski definition) is 7. The largest absolute Gasteiger partial charge is 0.504 e. The van der Waals surface area contributed by atoms with Gasteiger partial charge in [-0.2, -0.15) is 5.26 Å². The molecule has 2 aromatic carbocycles. The number of nitriles is 1. The third kappa shape index (κ3) is 4.11. The summed E-state index contributed by atoms with van der Waals surface area (Å²) >= 11 is 0. The van der Waals surface area contributed by atoms with E-state index in [2.05, 4.69) is 4.98 Å². The highest BCUT2D eigenvalue weighted by Gasteiger charge is 2.16. The van der Waals surface area contributed by atoms with Gasteiger partial charge in [-0.3, -0.25) is 4.98 Å². The van der Waals surface area contributed by atoms with Gasteiger partial charge in [0.25, 0.3) is 0 Å². The van der Waals surface area contributed by atoms with Crippen molar-refractivity contribution in [2.75, 3.05) is 27.4 Å². The highest BCUT2D eigenvalue weighted by atomic mass is 16.5. The molecule has 0 fully saturated rings. The highest BCUT2D eigenvalue weighted by molar-refractivity contribution is 5.92. The molecule has 0 unspecified atom stereocenters. The normalized spacial score (nSPS) is 10.4. The molecule has 29 heavy (non-hydrogen) atoms. The van der Waals surface area contributed by atoms with Crippen LogP contribution in [-0.2, 0) is 6.42 Å². The third-order valence-electron chi connectivity index (χ3n) is 4.46. The van der Waals surface area contributed by atoms with Crippen LogP contribution in [-0.4, -0.2) is 37.5 Å². The number of phenols is 1. The molecule has 0 atom stereocenters. The molecule has 0 aliphatic heterocycles. The van der Waals surface area contributed by atoms with Gasteiger partial charge >= 0.3 is 0 Å². The summed E-state index contributed by atoms with van der Waals surface area (Å²) in [7, 11) is 3.06. The monoisotopic (exact) mass is 394 g/mol. The Bertz CT molecular complexity index is 1030. The summed E-state index contributed by atoms with van der Waals surface area (Å²) in [6.07, 6.45) is 3.92. The van der Waals surface area contributed by atoms with E-state index in [9.17, 15) is 5.11 Å². The van der Waals surface area contributed by atoms with Crippen molar-refractivity contribution in [3.8, 4) is 34.8 Å². The van der Waals surface area contributed by atoms with E-state index in [1.54, 1.807) is 18.5 Å². The van der Waals surface area contributed by atoms with Crippen molar-refractivity contribution in [2.24, 2.45) is 0 Å². The van der Waals surface area contributed by atoms with Crippen LogP contribution in [0.1, 0.15) is 18.1 Å². The van der Waals surface area contributed by atoms with Crippen LogP contribution in [0.4, 0.5) is 0 Å². The van der Waals surface area contributed by atoms with Crippen molar-refractivity contribution in [1.82, 2.24) is 4.98 Å². The van der Waals surface area contributed by atoms with E-state index in [1.165, 1.54) is 14.2 Å². The highest BCUT2D eigenvalue weighted by Crippen LogP contribution is 2.40. The lowest BCUT2D eigenvalue weighted by atomic mass is 9.99. The summed E-state index contributed by atoms with van der Waals surface area (Å²) in [4.78, 5) is 4.28. The van der Waals surface area contributed by atoms with Gasteiger partial charge in [-0.15, -0.1) is 0 Å². The molecule has 3 aromatic rings. The van der Waals surface area contributed by atoms with Gasteiger partial charge in [-0.25, -0.2) is 0 Å². The zero-order valence-electron chi connectivity index (χ0n) is 16.6. The topological polar surface area (TPSA) is 93.8 Å². The third-order valence-corrected chi connectivity index (χ3v) is 4.46. The average molecular weight is 394 g/mol. The Hall–Kier alpha value is -3.66. The number of hydrogen-bond donors (Lipinski definition) is 1. The predicted octanol–water partition coefficient (Wildman–Crippen LogP) is 3.85. The van der Waals surface area contributed by atoms with E-state index in [-0.39, 0.29) is 12.4 Å².